The number of hydrogen-bond donors (Lipinski definition) is 2. The summed E-state index contributed by atoms with van der Waals surface area (Å²) in [5.74, 6) is 4.10. The van der Waals surface area contributed by atoms with E-state index in [2.05, 4.69) is 20.5 Å². The van der Waals surface area contributed by atoms with Crippen LogP contribution in [0.3, 0.4) is 0 Å². The summed E-state index contributed by atoms with van der Waals surface area (Å²) in [7, 11) is 0. The van der Waals surface area contributed by atoms with E-state index in [-0.39, 0.29) is 17.9 Å². The van der Waals surface area contributed by atoms with Crippen LogP contribution in [0.4, 0.5) is 5.69 Å². The molecule has 2 atom stereocenters. The SMILES string of the molecule is O=C(N[C@@H](CSCC1CCCCC1)C(=O)N1CCN(c2ccncc2)CC1)C1CSCN1. The molecule has 1 aromatic heterocycles. The third-order valence-electron chi connectivity index (χ3n) is 6.63. The van der Waals surface area contributed by atoms with Crippen molar-refractivity contribution in [3.8, 4) is 0 Å². The Labute approximate surface area is 199 Å². The van der Waals surface area contributed by atoms with Gasteiger partial charge < -0.3 is 15.1 Å². The fourth-order valence-corrected chi connectivity index (χ4v) is 6.88. The number of aromatic nitrogens is 1. The molecule has 2 amide bonds. The Morgan fingerprint density at radius 1 is 1.16 bits per heavy atom. The minimum atomic E-state index is -0.448. The number of carbonyl (C=O) groups is 2. The second kappa shape index (κ2) is 12.1. The zero-order valence-corrected chi connectivity index (χ0v) is 20.3. The Morgan fingerprint density at radius 2 is 1.91 bits per heavy atom. The Hall–Kier alpha value is -1.45. The fourth-order valence-electron chi connectivity index (χ4n) is 4.68. The van der Waals surface area contributed by atoms with Crippen LogP contribution in [0.2, 0.25) is 0 Å². The molecule has 0 spiro atoms. The van der Waals surface area contributed by atoms with Crippen LogP contribution in [0.5, 0.6) is 0 Å². The van der Waals surface area contributed by atoms with E-state index >= 15 is 0 Å². The van der Waals surface area contributed by atoms with Gasteiger partial charge in [-0.1, -0.05) is 19.3 Å². The van der Waals surface area contributed by atoms with Crippen LogP contribution in [-0.4, -0.2) is 83.1 Å². The van der Waals surface area contributed by atoms with E-state index in [4.69, 9.17) is 0 Å². The zero-order chi connectivity index (χ0) is 22.2. The van der Waals surface area contributed by atoms with Crippen molar-refractivity contribution in [3.63, 3.8) is 0 Å². The number of thioether (sulfide) groups is 2. The van der Waals surface area contributed by atoms with Crippen LogP contribution < -0.4 is 15.5 Å². The lowest BCUT2D eigenvalue weighted by molar-refractivity contribution is -0.136. The molecule has 0 aromatic carbocycles. The largest absolute Gasteiger partial charge is 0.368 e. The monoisotopic (exact) mass is 477 g/mol. The Morgan fingerprint density at radius 3 is 2.59 bits per heavy atom. The Balaban J connectivity index is 1.32. The number of rotatable bonds is 8. The molecule has 2 N–H and O–H groups in total. The first kappa shape index (κ1) is 23.7. The van der Waals surface area contributed by atoms with Gasteiger partial charge in [0.25, 0.3) is 0 Å². The molecule has 4 rings (SSSR count). The molecule has 9 heteroatoms. The maximum atomic E-state index is 13.4. The van der Waals surface area contributed by atoms with Crippen LogP contribution in [0, 0.1) is 5.92 Å². The minimum Gasteiger partial charge on any atom is -0.368 e. The topological polar surface area (TPSA) is 77.6 Å². The van der Waals surface area contributed by atoms with Crippen LogP contribution in [0.15, 0.2) is 24.5 Å². The summed E-state index contributed by atoms with van der Waals surface area (Å²) in [5.41, 5.74) is 1.14. The fraction of sp³-hybridized carbons (Fsp3) is 0.696. The second-order valence-corrected chi connectivity index (χ2v) is 11.0. The number of anilines is 1. The van der Waals surface area contributed by atoms with Crippen molar-refractivity contribution < 1.29 is 9.59 Å². The summed E-state index contributed by atoms with van der Waals surface area (Å²) in [5, 5.41) is 6.31. The second-order valence-electron chi connectivity index (χ2n) is 8.89. The first-order valence-corrected chi connectivity index (χ1v) is 14.1. The maximum absolute atomic E-state index is 13.4. The van der Waals surface area contributed by atoms with Crippen LogP contribution in [0.1, 0.15) is 32.1 Å². The van der Waals surface area contributed by atoms with Gasteiger partial charge in [0.05, 0.1) is 6.04 Å². The van der Waals surface area contributed by atoms with Gasteiger partial charge in [-0.2, -0.15) is 11.8 Å². The van der Waals surface area contributed by atoms with Crippen molar-refractivity contribution in [1.29, 1.82) is 0 Å². The standard InChI is InChI=1S/C23H35N5O2S2/c29-22(20-15-32-17-25-20)26-21(16-31-14-18-4-2-1-3-5-18)23(30)28-12-10-27(11-13-28)19-6-8-24-9-7-19/h6-9,18,20-21,25H,1-5,10-17H2,(H,26,29)/t20?,21-/m0/s1. The van der Waals surface area contributed by atoms with Crippen LogP contribution >= 0.6 is 23.5 Å². The van der Waals surface area contributed by atoms with Gasteiger partial charge in [-0.3, -0.25) is 19.9 Å². The highest BCUT2D eigenvalue weighted by Crippen LogP contribution is 2.27. The van der Waals surface area contributed by atoms with E-state index in [0.29, 0.717) is 18.8 Å². The van der Waals surface area contributed by atoms with Crippen molar-refractivity contribution in [2.45, 2.75) is 44.2 Å². The van der Waals surface area contributed by atoms with E-state index in [0.717, 1.165) is 42.1 Å². The molecule has 1 aliphatic carbocycles. The van der Waals surface area contributed by atoms with Crippen molar-refractivity contribution >= 4 is 41.0 Å². The first-order chi connectivity index (χ1) is 15.7. The number of pyridine rings is 1. The predicted octanol–water partition coefficient (Wildman–Crippen LogP) is 2.19. The summed E-state index contributed by atoms with van der Waals surface area (Å²) >= 11 is 3.56. The van der Waals surface area contributed by atoms with Gasteiger partial charge in [-0.15, -0.1) is 11.8 Å². The van der Waals surface area contributed by atoms with Crippen molar-refractivity contribution in [2.75, 3.05) is 54.2 Å². The lowest BCUT2D eigenvalue weighted by atomic mass is 9.91. The highest BCUT2D eigenvalue weighted by Gasteiger charge is 2.32. The summed E-state index contributed by atoms with van der Waals surface area (Å²) in [4.78, 5) is 34.5. The van der Waals surface area contributed by atoms with Gasteiger partial charge in [0, 0.05) is 61.6 Å². The molecule has 1 unspecified atom stereocenters. The number of nitrogens with one attached hydrogen (secondary N) is 2. The van der Waals surface area contributed by atoms with Crippen molar-refractivity contribution in [2.24, 2.45) is 5.92 Å². The normalized spacial score (nSPS) is 23.2. The third-order valence-corrected chi connectivity index (χ3v) is 8.85. The maximum Gasteiger partial charge on any atom is 0.246 e. The van der Waals surface area contributed by atoms with Gasteiger partial charge in [-0.05, 0) is 36.6 Å². The quantitative estimate of drug-likeness (QED) is 0.594. The van der Waals surface area contributed by atoms with Crippen LogP contribution in [-0.2, 0) is 9.59 Å². The molecule has 32 heavy (non-hydrogen) atoms. The van der Waals surface area contributed by atoms with E-state index in [1.807, 2.05) is 28.8 Å². The molecule has 0 bridgehead atoms. The molecule has 7 nitrogen and oxygen atoms in total. The molecule has 3 heterocycles. The molecule has 2 saturated heterocycles. The molecule has 1 saturated carbocycles. The van der Waals surface area contributed by atoms with E-state index in [1.165, 1.54) is 32.1 Å². The lowest BCUT2D eigenvalue weighted by Gasteiger charge is -2.37. The molecule has 1 aromatic rings. The molecule has 2 aliphatic heterocycles. The lowest BCUT2D eigenvalue weighted by Crippen LogP contribution is -2.57. The number of nitrogens with zero attached hydrogens (tertiary/aromatic N) is 3. The van der Waals surface area contributed by atoms with E-state index in [1.54, 1.807) is 24.2 Å². The molecule has 3 fully saturated rings. The van der Waals surface area contributed by atoms with Crippen molar-refractivity contribution in [1.82, 2.24) is 20.5 Å². The van der Waals surface area contributed by atoms with E-state index < -0.39 is 6.04 Å². The average molecular weight is 478 g/mol. The average Bonchev–Trinajstić information content (AvgIpc) is 3.40. The first-order valence-electron chi connectivity index (χ1n) is 11.8. The molecular formula is C23H35N5O2S2. The number of piperazine rings is 1. The summed E-state index contributed by atoms with van der Waals surface area (Å²) < 4.78 is 0. The molecule has 176 valence electrons. The summed E-state index contributed by atoms with van der Waals surface area (Å²) in [6.07, 6.45) is 10.2. The number of hydrogen-bond acceptors (Lipinski definition) is 7. The zero-order valence-electron chi connectivity index (χ0n) is 18.7. The Kier molecular flexibility index (Phi) is 8.99. The van der Waals surface area contributed by atoms with E-state index in [9.17, 15) is 9.59 Å². The number of carbonyl (C=O) groups excluding carboxylic acids is 2. The van der Waals surface area contributed by atoms with Gasteiger partial charge in [-0.25, -0.2) is 0 Å². The molecule has 3 aliphatic rings. The Bertz CT molecular complexity index is 733. The molecular weight excluding hydrogens is 442 g/mol. The van der Waals surface area contributed by atoms with Gasteiger partial charge in [0.1, 0.15) is 6.04 Å². The van der Waals surface area contributed by atoms with Gasteiger partial charge in [0.2, 0.25) is 11.8 Å². The number of amides is 2. The van der Waals surface area contributed by atoms with Crippen LogP contribution in [0.25, 0.3) is 0 Å². The van der Waals surface area contributed by atoms with Crippen molar-refractivity contribution in [3.05, 3.63) is 24.5 Å². The van der Waals surface area contributed by atoms with Gasteiger partial charge in [0.15, 0.2) is 0 Å². The summed E-state index contributed by atoms with van der Waals surface area (Å²) in [6.45, 7) is 2.95. The van der Waals surface area contributed by atoms with Gasteiger partial charge >= 0.3 is 0 Å². The highest BCUT2D eigenvalue weighted by molar-refractivity contribution is 7.99. The molecule has 0 radical (unpaired) electrons. The predicted molar refractivity (Wildman–Crippen MR) is 133 cm³/mol. The minimum absolute atomic E-state index is 0.0398. The smallest absolute Gasteiger partial charge is 0.246 e. The summed E-state index contributed by atoms with van der Waals surface area (Å²) in [6, 6.07) is 3.38. The third kappa shape index (κ3) is 6.54. The highest BCUT2D eigenvalue weighted by atomic mass is 32.2.